The van der Waals surface area contributed by atoms with E-state index in [2.05, 4.69) is 45.6 Å². The number of rotatable bonds is 5. The highest BCUT2D eigenvalue weighted by atomic mass is 127. The third kappa shape index (κ3) is 5.77. The zero-order valence-corrected chi connectivity index (χ0v) is 10.0. The molecule has 0 fully saturated rings. The lowest BCUT2D eigenvalue weighted by Gasteiger charge is -2.15. The first kappa shape index (κ1) is 12.2. The predicted octanol–water partition coefficient (Wildman–Crippen LogP) is 1.48. The topological polar surface area (TPSA) is 41.1 Å². The Bertz CT molecular complexity index is 139. The van der Waals surface area contributed by atoms with Crippen molar-refractivity contribution < 1.29 is 4.79 Å². The molecule has 0 aromatic heterocycles. The van der Waals surface area contributed by atoms with Crippen molar-refractivity contribution in [1.82, 2.24) is 8.85 Å². The number of amides is 1. The molecule has 3 nitrogen and oxygen atoms in total. The zero-order valence-electron chi connectivity index (χ0n) is 7.86. The van der Waals surface area contributed by atoms with Gasteiger partial charge in [-0.05, 0) is 12.3 Å². The van der Waals surface area contributed by atoms with Crippen LogP contribution in [0.3, 0.4) is 0 Å². The molecule has 0 saturated heterocycles. The maximum absolute atomic E-state index is 11.0. The zero-order chi connectivity index (χ0) is 9.56. The highest BCUT2D eigenvalue weighted by Gasteiger charge is 2.12. The molecular formula is C8H17IN2O. The van der Waals surface area contributed by atoms with Crippen molar-refractivity contribution in [3.05, 3.63) is 0 Å². The lowest BCUT2D eigenvalue weighted by Crippen LogP contribution is -2.30. The third-order valence-electron chi connectivity index (χ3n) is 1.62. The van der Waals surface area contributed by atoms with Crippen LogP contribution in [0.25, 0.3) is 0 Å². The van der Waals surface area contributed by atoms with E-state index in [1.54, 1.807) is 7.05 Å². The summed E-state index contributed by atoms with van der Waals surface area (Å²) < 4.78 is 3.11. The number of carbonyl (C=O) groups excluding carboxylic acids is 1. The predicted molar refractivity (Wildman–Crippen MR) is 59.1 cm³/mol. The van der Waals surface area contributed by atoms with Gasteiger partial charge in [0, 0.05) is 42.4 Å². The Morgan fingerprint density at radius 2 is 2.08 bits per heavy atom. The Balaban J connectivity index is 3.74. The van der Waals surface area contributed by atoms with Gasteiger partial charge in [0.15, 0.2) is 0 Å². The van der Waals surface area contributed by atoms with E-state index >= 15 is 0 Å². The van der Waals surface area contributed by atoms with Crippen molar-refractivity contribution in [2.24, 2.45) is 5.92 Å². The molecular weight excluding hydrogens is 267 g/mol. The van der Waals surface area contributed by atoms with Crippen LogP contribution in [0.1, 0.15) is 26.7 Å². The number of hydrogen-bond acceptors (Lipinski definition) is 2. The Labute approximate surface area is 88.2 Å². The molecule has 0 aliphatic rings. The monoisotopic (exact) mass is 284 g/mol. The van der Waals surface area contributed by atoms with Gasteiger partial charge in [0.1, 0.15) is 0 Å². The molecule has 0 aromatic carbocycles. The molecule has 0 aromatic rings. The van der Waals surface area contributed by atoms with E-state index in [1.165, 1.54) is 0 Å². The molecule has 0 unspecified atom stereocenters. The summed E-state index contributed by atoms with van der Waals surface area (Å²) >= 11 is 2.10. The van der Waals surface area contributed by atoms with Crippen LogP contribution in [-0.4, -0.2) is 19.0 Å². The molecule has 4 heteroatoms. The minimum atomic E-state index is 0.102. The number of hydrogen-bond donors (Lipinski definition) is 2. The van der Waals surface area contributed by atoms with E-state index in [0.717, 1.165) is 6.42 Å². The van der Waals surface area contributed by atoms with Crippen LogP contribution in [0, 0.1) is 5.92 Å². The van der Waals surface area contributed by atoms with Gasteiger partial charge in [0.25, 0.3) is 0 Å². The smallest absolute Gasteiger partial charge is 0.221 e. The molecule has 0 radical (unpaired) electrons. The van der Waals surface area contributed by atoms with E-state index in [-0.39, 0.29) is 5.91 Å². The van der Waals surface area contributed by atoms with Crippen molar-refractivity contribution in [1.29, 1.82) is 0 Å². The SMILES string of the molecule is CNC(=O)C[C@H](CC(C)C)NI. The normalized spacial score (nSPS) is 13.1. The summed E-state index contributed by atoms with van der Waals surface area (Å²) in [6.45, 7) is 4.32. The van der Waals surface area contributed by atoms with Gasteiger partial charge in [0.2, 0.25) is 5.91 Å². The van der Waals surface area contributed by atoms with Crippen LogP contribution in [0.2, 0.25) is 0 Å². The van der Waals surface area contributed by atoms with E-state index in [0.29, 0.717) is 18.4 Å². The van der Waals surface area contributed by atoms with Crippen LogP contribution in [0.5, 0.6) is 0 Å². The van der Waals surface area contributed by atoms with Gasteiger partial charge in [-0.1, -0.05) is 13.8 Å². The summed E-state index contributed by atoms with van der Waals surface area (Å²) in [4.78, 5) is 11.0. The fourth-order valence-corrected chi connectivity index (χ4v) is 1.54. The van der Waals surface area contributed by atoms with Crippen LogP contribution in [0.4, 0.5) is 0 Å². The van der Waals surface area contributed by atoms with Gasteiger partial charge in [-0.15, -0.1) is 0 Å². The first-order chi connectivity index (χ1) is 5.60. The summed E-state index contributed by atoms with van der Waals surface area (Å²) in [7, 11) is 1.67. The molecule has 1 atom stereocenters. The second-order valence-electron chi connectivity index (χ2n) is 3.31. The van der Waals surface area contributed by atoms with Crippen molar-refractivity contribution in [2.75, 3.05) is 7.05 Å². The molecule has 0 saturated carbocycles. The van der Waals surface area contributed by atoms with E-state index < -0.39 is 0 Å². The number of nitrogens with one attached hydrogen (secondary N) is 2. The average Bonchev–Trinajstić information content (AvgIpc) is 2.02. The first-order valence-electron chi connectivity index (χ1n) is 4.16. The van der Waals surface area contributed by atoms with Gasteiger partial charge < -0.3 is 5.32 Å². The molecule has 1 amide bonds. The van der Waals surface area contributed by atoms with Crippen LogP contribution < -0.4 is 8.85 Å². The lowest BCUT2D eigenvalue weighted by atomic mass is 10.0. The van der Waals surface area contributed by atoms with Gasteiger partial charge in [-0.25, -0.2) is 0 Å². The molecule has 0 aliphatic heterocycles. The molecule has 2 N–H and O–H groups in total. The van der Waals surface area contributed by atoms with Crippen molar-refractivity contribution in [2.45, 2.75) is 32.7 Å². The molecule has 12 heavy (non-hydrogen) atoms. The minimum absolute atomic E-state index is 0.102. The summed E-state index contributed by atoms with van der Waals surface area (Å²) in [5, 5.41) is 2.62. The lowest BCUT2D eigenvalue weighted by molar-refractivity contribution is -0.121. The largest absolute Gasteiger partial charge is 0.359 e. The minimum Gasteiger partial charge on any atom is -0.359 e. The van der Waals surface area contributed by atoms with Crippen molar-refractivity contribution in [3.63, 3.8) is 0 Å². The van der Waals surface area contributed by atoms with Crippen LogP contribution >= 0.6 is 22.9 Å². The molecule has 0 spiro atoms. The van der Waals surface area contributed by atoms with Gasteiger partial charge >= 0.3 is 0 Å². The highest BCUT2D eigenvalue weighted by molar-refractivity contribution is 14.1. The second kappa shape index (κ2) is 6.65. The van der Waals surface area contributed by atoms with Gasteiger partial charge in [-0.3, -0.25) is 8.32 Å². The van der Waals surface area contributed by atoms with Crippen molar-refractivity contribution in [3.8, 4) is 0 Å². The summed E-state index contributed by atoms with van der Waals surface area (Å²) in [6.07, 6.45) is 1.61. The molecule has 0 rings (SSSR count). The fourth-order valence-electron chi connectivity index (χ4n) is 1.06. The van der Waals surface area contributed by atoms with Gasteiger partial charge in [-0.2, -0.15) is 0 Å². The Morgan fingerprint density at radius 3 is 2.42 bits per heavy atom. The molecule has 0 aliphatic carbocycles. The quantitative estimate of drug-likeness (QED) is 0.593. The van der Waals surface area contributed by atoms with E-state index in [4.69, 9.17) is 0 Å². The maximum atomic E-state index is 11.0. The molecule has 72 valence electrons. The highest BCUT2D eigenvalue weighted by Crippen LogP contribution is 2.08. The average molecular weight is 284 g/mol. The summed E-state index contributed by atoms with van der Waals surface area (Å²) in [6, 6.07) is 0.297. The van der Waals surface area contributed by atoms with Crippen molar-refractivity contribution >= 4 is 28.8 Å². The van der Waals surface area contributed by atoms with E-state index in [9.17, 15) is 4.79 Å². The fraction of sp³-hybridized carbons (Fsp3) is 0.875. The number of halogens is 1. The standard InChI is InChI=1S/C8H17IN2O/c1-6(2)4-7(11-9)5-8(12)10-3/h6-7,11H,4-5H2,1-3H3,(H,10,12)/t7-/m0/s1. The Kier molecular flexibility index (Phi) is 6.74. The Hall–Kier alpha value is 0.160. The van der Waals surface area contributed by atoms with Gasteiger partial charge in [0.05, 0.1) is 0 Å². The third-order valence-corrected chi connectivity index (χ3v) is 2.50. The summed E-state index contributed by atoms with van der Waals surface area (Å²) in [5.74, 6) is 0.728. The van der Waals surface area contributed by atoms with E-state index in [1.807, 2.05) is 0 Å². The maximum Gasteiger partial charge on any atom is 0.221 e. The number of carbonyl (C=O) groups is 1. The molecule has 0 bridgehead atoms. The van der Waals surface area contributed by atoms with Crippen LogP contribution in [0.15, 0.2) is 0 Å². The second-order valence-corrected chi connectivity index (χ2v) is 3.94. The van der Waals surface area contributed by atoms with Crippen LogP contribution in [-0.2, 0) is 4.79 Å². The molecule has 0 heterocycles. The summed E-state index contributed by atoms with van der Waals surface area (Å²) in [5.41, 5.74) is 0. The first-order valence-corrected chi connectivity index (χ1v) is 5.24. The Morgan fingerprint density at radius 1 is 1.50 bits per heavy atom.